The van der Waals surface area contributed by atoms with E-state index in [-0.39, 0.29) is 12.5 Å². The number of aryl methyl sites for hydroxylation is 2. The van der Waals surface area contributed by atoms with E-state index in [2.05, 4.69) is 21.2 Å². The zero-order chi connectivity index (χ0) is 24.1. The molecule has 0 radical (unpaired) electrons. The van der Waals surface area contributed by atoms with Gasteiger partial charge >= 0.3 is 0 Å². The van der Waals surface area contributed by atoms with E-state index < -0.39 is 28.5 Å². The minimum Gasteiger partial charge on any atom is -0.355 e. The molecule has 0 unspecified atom stereocenters. The summed E-state index contributed by atoms with van der Waals surface area (Å²) < 4.78 is 27.2. The number of sulfonamides is 1. The van der Waals surface area contributed by atoms with Gasteiger partial charge in [-0.15, -0.1) is 0 Å². The number of halogens is 1. The molecule has 9 heteroatoms. The molecule has 0 saturated carbocycles. The van der Waals surface area contributed by atoms with Gasteiger partial charge in [0.15, 0.2) is 0 Å². The Morgan fingerprint density at radius 3 is 2.25 bits per heavy atom. The minimum absolute atomic E-state index is 0.175. The maximum absolute atomic E-state index is 13.4. The highest BCUT2D eigenvalue weighted by atomic mass is 79.9. The van der Waals surface area contributed by atoms with Crippen LogP contribution in [0.5, 0.6) is 0 Å². The van der Waals surface area contributed by atoms with Crippen molar-refractivity contribution in [3.8, 4) is 0 Å². The van der Waals surface area contributed by atoms with Gasteiger partial charge in [0.2, 0.25) is 21.8 Å². The molecule has 32 heavy (non-hydrogen) atoms. The topological polar surface area (TPSA) is 86.8 Å². The molecule has 0 heterocycles. The molecule has 2 aromatic carbocycles. The number of benzene rings is 2. The van der Waals surface area contributed by atoms with Crippen LogP contribution in [0.3, 0.4) is 0 Å². The van der Waals surface area contributed by atoms with Crippen LogP contribution in [0.15, 0.2) is 46.9 Å². The number of anilines is 1. The van der Waals surface area contributed by atoms with Crippen LogP contribution in [0, 0.1) is 13.8 Å². The lowest BCUT2D eigenvalue weighted by Gasteiger charge is -2.32. The highest BCUT2D eigenvalue weighted by Gasteiger charge is 2.30. The fraction of sp³-hybridized carbons (Fsp3) is 0.391. The van der Waals surface area contributed by atoms with Crippen LogP contribution in [0.1, 0.15) is 30.5 Å². The van der Waals surface area contributed by atoms with Gasteiger partial charge in [-0.05, 0) is 57.0 Å². The summed E-state index contributed by atoms with van der Waals surface area (Å²) >= 11 is 3.39. The number of carbonyl (C=O) groups excluding carboxylic acids is 2. The second kappa shape index (κ2) is 11.0. The summed E-state index contributed by atoms with van der Waals surface area (Å²) in [7, 11) is -3.74. The van der Waals surface area contributed by atoms with Gasteiger partial charge in [-0.25, -0.2) is 8.42 Å². The molecular weight excluding hydrogens is 494 g/mol. The number of amides is 2. The molecule has 0 aliphatic rings. The molecule has 0 aromatic heterocycles. The SMILES string of the molecule is CCNC(=O)[C@@H](C)N(Cc1ccc(Br)cc1)C(=O)CN(c1ccc(C)cc1C)S(C)(=O)=O. The van der Waals surface area contributed by atoms with Crippen LogP contribution >= 0.6 is 15.9 Å². The average molecular weight is 524 g/mol. The molecule has 1 N–H and O–H groups in total. The van der Waals surface area contributed by atoms with Crippen LogP contribution in [0.2, 0.25) is 0 Å². The summed E-state index contributed by atoms with van der Waals surface area (Å²) in [6.45, 7) is 7.38. The molecule has 0 aliphatic carbocycles. The molecule has 0 spiro atoms. The lowest BCUT2D eigenvalue weighted by Crippen LogP contribution is -2.51. The number of hydrogen-bond acceptors (Lipinski definition) is 4. The van der Waals surface area contributed by atoms with Gasteiger partial charge < -0.3 is 10.2 Å². The Morgan fingerprint density at radius 1 is 1.09 bits per heavy atom. The predicted molar refractivity (Wildman–Crippen MR) is 131 cm³/mol. The van der Waals surface area contributed by atoms with Crippen LogP contribution in [-0.4, -0.2) is 50.5 Å². The predicted octanol–water partition coefficient (Wildman–Crippen LogP) is 3.39. The van der Waals surface area contributed by atoms with Crippen molar-refractivity contribution in [2.24, 2.45) is 0 Å². The first-order valence-electron chi connectivity index (χ1n) is 10.3. The fourth-order valence-electron chi connectivity index (χ4n) is 3.37. The number of rotatable bonds is 9. The molecule has 0 saturated heterocycles. The van der Waals surface area contributed by atoms with Gasteiger partial charge in [-0.3, -0.25) is 13.9 Å². The van der Waals surface area contributed by atoms with Gasteiger partial charge in [-0.1, -0.05) is 45.8 Å². The van der Waals surface area contributed by atoms with E-state index in [0.717, 1.165) is 31.7 Å². The standard InChI is InChI=1S/C23H30BrN3O4S/c1-6-25-23(29)18(4)26(14-19-8-10-20(24)11-9-19)22(28)15-27(32(5,30)31)21-12-7-16(2)13-17(21)3/h7-13,18H,6,14-15H2,1-5H3,(H,25,29)/t18-/m1/s1. The first-order valence-corrected chi connectivity index (χ1v) is 12.9. The fourth-order valence-corrected chi connectivity index (χ4v) is 4.54. The van der Waals surface area contributed by atoms with E-state index in [4.69, 9.17) is 0 Å². The third kappa shape index (κ3) is 6.80. The van der Waals surface area contributed by atoms with Gasteiger partial charge in [0, 0.05) is 17.6 Å². The first kappa shape index (κ1) is 25.9. The normalized spacial score (nSPS) is 12.2. The van der Waals surface area contributed by atoms with Crippen molar-refractivity contribution in [1.82, 2.24) is 10.2 Å². The van der Waals surface area contributed by atoms with E-state index in [1.54, 1.807) is 19.9 Å². The van der Waals surface area contributed by atoms with E-state index in [1.807, 2.05) is 50.2 Å². The molecule has 1 atom stereocenters. The Morgan fingerprint density at radius 2 is 1.72 bits per heavy atom. The van der Waals surface area contributed by atoms with Crippen LogP contribution in [0.25, 0.3) is 0 Å². The van der Waals surface area contributed by atoms with Gasteiger partial charge in [-0.2, -0.15) is 0 Å². The van der Waals surface area contributed by atoms with Crippen molar-refractivity contribution in [2.45, 2.75) is 40.3 Å². The third-order valence-corrected chi connectivity index (χ3v) is 6.74. The zero-order valence-electron chi connectivity index (χ0n) is 19.1. The van der Waals surface area contributed by atoms with E-state index in [0.29, 0.717) is 12.2 Å². The monoisotopic (exact) mass is 523 g/mol. The molecule has 2 rings (SSSR count). The second-order valence-electron chi connectivity index (χ2n) is 7.78. The van der Waals surface area contributed by atoms with E-state index in [9.17, 15) is 18.0 Å². The Bertz CT molecular complexity index is 1070. The largest absolute Gasteiger partial charge is 0.355 e. The Labute approximate surface area is 199 Å². The highest BCUT2D eigenvalue weighted by molar-refractivity contribution is 9.10. The zero-order valence-corrected chi connectivity index (χ0v) is 21.5. The highest BCUT2D eigenvalue weighted by Crippen LogP contribution is 2.24. The number of nitrogens with zero attached hydrogens (tertiary/aromatic N) is 2. The molecule has 174 valence electrons. The molecule has 7 nitrogen and oxygen atoms in total. The van der Waals surface area contributed by atoms with Crippen molar-refractivity contribution < 1.29 is 18.0 Å². The number of carbonyl (C=O) groups is 2. The van der Waals surface area contributed by atoms with Crippen molar-refractivity contribution >= 4 is 43.5 Å². The van der Waals surface area contributed by atoms with E-state index in [1.165, 1.54) is 4.90 Å². The van der Waals surface area contributed by atoms with Crippen LogP contribution < -0.4 is 9.62 Å². The molecule has 2 amide bonds. The summed E-state index contributed by atoms with van der Waals surface area (Å²) in [4.78, 5) is 27.3. The minimum atomic E-state index is -3.74. The van der Waals surface area contributed by atoms with Crippen LogP contribution in [0.4, 0.5) is 5.69 Å². The third-order valence-electron chi connectivity index (χ3n) is 5.08. The average Bonchev–Trinajstić information content (AvgIpc) is 2.71. The van der Waals surface area contributed by atoms with Crippen molar-refractivity contribution in [2.75, 3.05) is 23.7 Å². The number of hydrogen-bond donors (Lipinski definition) is 1. The second-order valence-corrected chi connectivity index (χ2v) is 10.6. The van der Waals surface area contributed by atoms with Gasteiger partial charge in [0.25, 0.3) is 0 Å². The van der Waals surface area contributed by atoms with Gasteiger partial charge in [0.05, 0.1) is 11.9 Å². The quantitative estimate of drug-likeness (QED) is 0.545. The van der Waals surface area contributed by atoms with E-state index >= 15 is 0 Å². The summed E-state index contributed by atoms with van der Waals surface area (Å²) in [5.41, 5.74) is 3.02. The summed E-state index contributed by atoms with van der Waals surface area (Å²) in [6.07, 6.45) is 1.08. The summed E-state index contributed by atoms with van der Waals surface area (Å²) in [5, 5.41) is 2.73. The lowest BCUT2D eigenvalue weighted by molar-refractivity contribution is -0.139. The van der Waals surface area contributed by atoms with Crippen molar-refractivity contribution in [3.63, 3.8) is 0 Å². The van der Waals surface area contributed by atoms with Crippen molar-refractivity contribution in [3.05, 3.63) is 63.6 Å². The molecule has 0 bridgehead atoms. The first-order chi connectivity index (χ1) is 14.9. The molecular formula is C23H30BrN3O4S. The Kier molecular flexibility index (Phi) is 8.86. The molecule has 2 aromatic rings. The van der Waals surface area contributed by atoms with Crippen LogP contribution in [-0.2, 0) is 26.2 Å². The summed E-state index contributed by atoms with van der Waals surface area (Å²) in [6, 6.07) is 12.0. The maximum Gasteiger partial charge on any atom is 0.244 e. The number of nitrogens with one attached hydrogen (secondary N) is 1. The summed E-state index contributed by atoms with van der Waals surface area (Å²) in [5.74, 6) is -0.757. The van der Waals surface area contributed by atoms with Crippen molar-refractivity contribution in [1.29, 1.82) is 0 Å². The smallest absolute Gasteiger partial charge is 0.244 e. The Balaban J connectivity index is 2.40. The Hall–Kier alpha value is -2.39. The van der Waals surface area contributed by atoms with Gasteiger partial charge in [0.1, 0.15) is 12.6 Å². The number of likely N-dealkylation sites (N-methyl/N-ethyl adjacent to an activating group) is 1. The molecule has 0 aliphatic heterocycles. The maximum atomic E-state index is 13.4. The molecule has 0 fully saturated rings. The lowest BCUT2D eigenvalue weighted by atomic mass is 10.1.